The zero-order chi connectivity index (χ0) is 22.4. The van der Waals surface area contributed by atoms with Crippen molar-refractivity contribution in [2.45, 2.75) is 32.9 Å². The van der Waals surface area contributed by atoms with Gasteiger partial charge in [-0.1, -0.05) is 26.0 Å². The van der Waals surface area contributed by atoms with Gasteiger partial charge in [0.2, 0.25) is 5.91 Å². The number of rotatable bonds is 8. The third-order valence-electron chi connectivity index (χ3n) is 4.69. The van der Waals surface area contributed by atoms with Crippen LogP contribution in [0.25, 0.3) is 0 Å². The van der Waals surface area contributed by atoms with Gasteiger partial charge in [0.25, 0.3) is 5.91 Å². The van der Waals surface area contributed by atoms with Gasteiger partial charge in [-0.2, -0.15) is 0 Å². The third-order valence-corrected chi connectivity index (χ3v) is 4.69. The molecule has 2 aromatic rings. The molecule has 0 bridgehead atoms. The summed E-state index contributed by atoms with van der Waals surface area (Å²) in [6.07, 6.45) is 0. The summed E-state index contributed by atoms with van der Waals surface area (Å²) in [4.78, 5) is 25.2. The number of ether oxygens (including phenoxy) is 2. The van der Waals surface area contributed by atoms with Crippen molar-refractivity contribution in [3.8, 4) is 11.5 Å². The van der Waals surface area contributed by atoms with E-state index in [1.165, 1.54) is 20.3 Å². The van der Waals surface area contributed by atoms with Gasteiger partial charge in [-0.15, -0.1) is 0 Å². The Kier molecular flexibility index (Phi) is 7.74. The molecule has 0 aromatic heterocycles. The fraction of sp³-hybridized carbons (Fsp3) is 0.364. The van der Waals surface area contributed by atoms with Crippen molar-refractivity contribution in [2.75, 3.05) is 14.2 Å². The predicted molar refractivity (Wildman–Crippen MR) is 109 cm³/mol. The Labute approximate surface area is 174 Å². The highest BCUT2D eigenvalue weighted by Crippen LogP contribution is 2.30. The molecule has 162 valence electrons. The van der Waals surface area contributed by atoms with Crippen LogP contribution in [0.3, 0.4) is 0 Å². The zero-order valence-electron chi connectivity index (χ0n) is 17.6. The Hall–Kier alpha value is -3.16. The van der Waals surface area contributed by atoms with Crippen LogP contribution in [0.5, 0.6) is 11.5 Å². The van der Waals surface area contributed by atoms with E-state index in [0.29, 0.717) is 11.5 Å². The molecule has 0 aliphatic heterocycles. The molecule has 2 rings (SSSR count). The van der Waals surface area contributed by atoms with E-state index in [4.69, 9.17) is 9.47 Å². The molecule has 2 atom stereocenters. The Balaban J connectivity index is 2.16. The first-order chi connectivity index (χ1) is 14.2. The fourth-order valence-electron chi connectivity index (χ4n) is 2.97. The van der Waals surface area contributed by atoms with Gasteiger partial charge in [0, 0.05) is 0 Å². The Morgan fingerprint density at radius 2 is 1.50 bits per heavy atom. The molecule has 0 fully saturated rings. The fourth-order valence-corrected chi connectivity index (χ4v) is 2.97. The summed E-state index contributed by atoms with van der Waals surface area (Å²) in [7, 11) is 3.04. The maximum atomic E-state index is 13.9. The minimum atomic E-state index is -0.992. The molecule has 0 heterocycles. The summed E-state index contributed by atoms with van der Waals surface area (Å²) in [5, 5.41) is 5.25. The minimum Gasteiger partial charge on any atom is -0.493 e. The summed E-state index contributed by atoms with van der Waals surface area (Å²) >= 11 is 0. The molecule has 0 radical (unpaired) electrons. The first-order valence-corrected chi connectivity index (χ1v) is 9.46. The molecule has 2 unspecified atom stereocenters. The topological polar surface area (TPSA) is 76.7 Å². The van der Waals surface area contributed by atoms with E-state index in [2.05, 4.69) is 10.6 Å². The molecule has 0 saturated carbocycles. The van der Waals surface area contributed by atoms with Crippen LogP contribution >= 0.6 is 0 Å². The van der Waals surface area contributed by atoms with Crippen molar-refractivity contribution >= 4 is 11.8 Å². The Morgan fingerprint density at radius 1 is 0.900 bits per heavy atom. The zero-order valence-corrected chi connectivity index (χ0v) is 17.6. The van der Waals surface area contributed by atoms with Gasteiger partial charge in [-0.3, -0.25) is 9.59 Å². The summed E-state index contributed by atoms with van der Waals surface area (Å²) in [6.45, 7) is 5.22. The van der Waals surface area contributed by atoms with Crippen molar-refractivity contribution in [3.63, 3.8) is 0 Å². The van der Waals surface area contributed by atoms with E-state index in [0.717, 1.165) is 17.7 Å². The molecule has 30 heavy (non-hydrogen) atoms. The van der Waals surface area contributed by atoms with Gasteiger partial charge in [-0.05, 0) is 42.7 Å². The van der Waals surface area contributed by atoms with Gasteiger partial charge >= 0.3 is 0 Å². The van der Waals surface area contributed by atoms with Crippen molar-refractivity contribution in [1.82, 2.24) is 10.6 Å². The average Bonchev–Trinajstić information content (AvgIpc) is 2.70. The monoisotopic (exact) mass is 420 g/mol. The van der Waals surface area contributed by atoms with Crippen LogP contribution in [0.1, 0.15) is 42.7 Å². The lowest BCUT2D eigenvalue weighted by Gasteiger charge is -2.24. The minimum absolute atomic E-state index is 0.318. The second-order valence-electron chi connectivity index (χ2n) is 7.14. The highest BCUT2D eigenvalue weighted by Gasteiger charge is 2.28. The molecule has 2 amide bonds. The Bertz CT molecular complexity index is 898. The predicted octanol–water partition coefficient (Wildman–Crippen LogP) is 3.61. The number of carbonyl (C=O) groups is 2. The number of amides is 2. The number of halogens is 2. The lowest BCUT2D eigenvalue weighted by molar-refractivity contribution is -0.124. The molecule has 6 nitrogen and oxygen atoms in total. The summed E-state index contributed by atoms with van der Waals surface area (Å²) in [6, 6.07) is 6.98. The maximum absolute atomic E-state index is 13.9. The summed E-state index contributed by atoms with van der Waals surface area (Å²) < 4.78 is 38.3. The van der Waals surface area contributed by atoms with Gasteiger partial charge in [0.15, 0.2) is 11.5 Å². The molecule has 0 aliphatic rings. The van der Waals surface area contributed by atoms with E-state index in [9.17, 15) is 18.4 Å². The molecular weight excluding hydrogens is 394 g/mol. The largest absolute Gasteiger partial charge is 0.493 e. The highest BCUT2D eigenvalue weighted by atomic mass is 19.1. The number of hydrogen-bond donors (Lipinski definition) is 2. The number of benzene rings is 2. The molecule has 0 aliphatic carbocycles. The van der Waals surface area contributed by atoms with Crippen LogP contribution in [0.15, 0.2) is 36.4 Å². The van der Waals surface area contributed by atoms with E-state index >= 15 is 0 Å². The van der Waals surface area contributed by atoms with Crippen LogP contribution in [-0.2, 0) is 4.79 Å². The van der Waals surface area contributed by atoms with Crippen molar-refractivity contribution in [1.29, 1.82) is 0 Å². The van der Waals surface area contributed by atoms with Crippen molar-refractivity contribution < 1.29 is 27.8 Å². The molecule has 0 saturated heterocycles. The summed E-state index contributed by atoms with van der Waals surface area (Å²) in [5.41, 5.74) is 0.0406. The number of nitrogens with one attached hydrogen (secondary N) is 2. The van der Waals surface area contributed by atoms with Crippen LogP contribution in [-0.4, -0.2) is 32.1 Å². The molecular formula is C22H26F2N2O4. The van der Waals surface area contributed by atoms with Crippen molar-refractivity contribution in [3.05, 3.63) is 59.2 Å². The quantitative estimate of drug-likeness (QED) is 0.684. The summed E-state index contributed by atoms with van der Waals surface area (Å²) in [5.74, 6) is -2.70. The lowest BCUT2D eigenvalue weighted by Crippen LogP contribution is -2.50. The van der Waals surface area contributed by atoms with E-state index < -0.39 is 41.1 Å². The first kappa shape index (κ1) is 23.1. The number of carbonyl (C=O) groups excluding carboxylic acids is 2. The van der Waals surface area contributed by atoms with Crippen LogP contribution in [0, 0.1) is 17.6 Å². The average molecular weight is 420 g/mol. The normalized spacial score (nSPS) is 12.8. The second kappa shape index (κ2) is 10.0. The first-order valence-electron chi connectivity index (χ1n) is 9.46. The van der Waals surface area contributed by atoms with Crippen LogP contribution in [0.2, 0.25) is 0 Å². The molecule has 0 spiro atoms. The van der Waals surface area contributed by atoms with Gasteiger partial charge in [-0.25, -0.2) is 8.78 Å². The highest BCUT2D eigenvalue weighted by molar-refractivity contribution is 5.98. The Morgan fingerprint density at radius 3 is 2.03 bits per heavy atom. The smallest absolute Gasteiger partial charge is 0.257 e. The SMILES string of the molecule is COc1ccc(C(C)NC(=O)C(NC(=O)c2c(F)cccc2F)C(C)C)cc1OC. The van der Waals surface area contributed by atoms with Crippen LogP contribution < -0.4 is 20.1 Å². The van der Waals surface area contributed by atoms with Gasteiger partial charge in [0.1, 0.15) is 23.2 Å². The van der Waals surface area contributed by atoms with Gasteiger partial charge in [0.05, 0.1) is 20.3 Å². The molecule has 2 aromatic carbocycles. The maximum Gasteiger partial charge on any atom is 0.257 e. The standard InChI is InChI=1S/C22H26F2N2O4/c1-12(2)20(26-21(27)19-15(23)7-6-8-16(19)24)22(28)25-13(3)14-9-10-17(29-4)18(11-14)30-5/h6-13,20H,1-5H3,(H,25,28)(H,26,27). The van der Waals surface area contributed by atoms with E-state index in [1.54, 1.807) is 39.0 Å². The van der Waals surface area contributed by atoms with Crippen molar-refractivity contribution in [2.24, 2.45) is 5.92 Å². The van der Waals surface area contributed by atoms with Crippen LogP contribution in [0.4, 0.5) is 8.78 Å². The second-order valence-corrected chi connectivity index (χ2v) is 7.14. The molecule has 2 N–H and O–H groups in total. The molecule has 8 heteroatoms. The van der Waals surface area contributed by atoms with E-state index in [-0.39, 0.29) is 5.92 Å². The van der Waals surface area contributed by atoms with Gasteiger partial charge < -0.3 is 20.1 Å². The number of methoxy groups -OCH3 is 2. The van der Waals surface area contributed by atoms with E-state index in [1.807, 2.05) is 0 Å². The lowest BCUT2D eigenvalue weighted by atomic mass is 10.0. The number of hydrogen-bond acceptors (Lipinski definition) is 4. The third kappa shape index (κ3) is 5.25.